The zero-order chi connectivity index (χ0) is 39.0. The number of fused-ring (bicyclic) bond motifs is 12. The van der Waals surface area contributed by atoms with Crippen LogP contribution >= 0.6 is 0 Å². The number of nitrogens with zero attached hydrogens (tertiary/aromatic N) is 3. The minimum absolute atomic E-state index is 0.0191. The summed E-state index contributed by atoms with van der Waals surface area (Å²) in [6.07, 6.45) is 7.49. The topological polar surface area (TPSA) is 82.6 Å². The molecule has 2 fully saturated rings. The molecule has 0 saturated heterocycles. The number of hydrogen-bond donors (Lipinski definition) is 0. The number of para-hydroxylation sites is 2. The molecule has 6 aliphatic rings. The van der Waals surface area contributed by atoms with E-state index in [4.69, 9.17) is 0 Å². The quantitative estimate of drug-likeness (QED) is 0.164. The molecule has 6 aliphatic carbocycles. The van der Waals surface area contributed by atoms with Gasteiger partial charge in [0.05, 0.1) is 38.4 Å². The van der Waals surface area contributed by atoms with E-state index in [1.807, 2.05) is 88.0 Å². The van der Waals surface area contributed by atoms with Gasteiger partial charge in [0.15, 0.2) is 11.6 Å². The molecule has 59 heavy (non-hydrogen) atoms. The van der Waals surface area contributed by atoms with E-state index >= 15 is 9.59 Å². The average Bonchev–Trinajstić information content (AvgIpc) is 3.60. The highest BCUT2D eigenvalue weighted by molar-refractivity contribution is 6.42. The van der Waals surface area contributed by atoms with Crippen LogP contribution in [0.25, 0.3) is 82.0 Å². The molecular weight excluding hydrogens is 731 g/mol. The second kappa shape index (κ2) is 11.1. The van der Waals surface area contributed by atoms with Crippen molar-refractivity contribution in [3.05, 3.63) is 146 Å². The van der Waals surface area contributed by atoms with Gasteiger partial charge in [-0.25, -0.2) is 0 Å². The first-order valence-corrected chi connectivity index (χ1v) is 21.4. The Morgan fingerprint density at radius 1 is 0.390 bits per heavy atom. The molecule has 7 heteroatoms. The van der Waals surface area contributed by atoms with Gasteiger partial charge in [0.1, 0.15) is 0 Å². The number of carbonyl (C=O) groups excluding carboxylic acids is 2. The van der Waals surface area contributed by atoms with Crippen molar-refractivity contribution < 1.29 is 9.59 Å². The summed E-state index contributed by atoms with van der Waals surface area (Å²) < 4.78 is 5.86. The van der Waals surface area contributed by atoms with Crippen molar-refractivity contribution in [1.29, 1.82) is 0 Å². The van der Waals surface area contributed by atoms with Crippen LogP contribution in [0.3, 0.4) is 0 Å². The van der Waals surface area contributed by atoms with Crippen molar-refractivity contribution in [2.24, 2.45) is 11.8 Å². The molecule has 16 rings (SSSR count). The van der Waals surface area contributed by atoms with Gasteiger partial charge in [-0.3, -0.25) is 28.3 Å². The summed E-state index contributed by atoms with van der Waals surface area (Å²) in [4.78, 5) is 60.3. The summed E-state index contributed by atoms with van der Waals surface area (Å²) in [6, 6.07) is 34.2. The molecule has 284 valence electrons. The molecule has 0 unspecified atom stereocenters. The first-order valence-electron chi connectivity index (χ1n) is 21.4. The molecule has 4 heterocycles. The van der Waals surface area contributed by atoms with Crippen molar-refractivity contribution in [1.82, 2.24) is 13.5 Å². The van der Waals surface area contributed by atoms with Crippen LogP contribution in [0.15, 0.2) is 113 Å². The lowest BCUT2D eigenvalue weighted by molar-refractivity contribution is 0.0891. The molecular formula is C52H37N3O4. The van der Waals surface area contributed by atoms with E-state index in [0.717, 1.165) is 140 Å². The van der Waals surface area contributed by atoms with Crippen LogP contribution in [0.1, 0.15) is 95.0 Å². The largest absolute Gasteiger partial charge is 0.308 e. The van der Waals surface area contributed by atoms with Crippen molar-refractivity contribution in [2.45, 2.75) is 63.2 Å². The fourth-order valence-corrected chi connectivity index (χ4v) is 12.7. The van der Waals surface area contributed by atoms with Crippen LogP contribution in [-0.4, -0.2) is 25.1 Å². The van der Waals surface area contributed by atoms with Crippen molar-refractivity contribution in [3.8, 4) is 11.4 Å². The zero-order valence-corrected chi connectivity index (χ0v) is 32.3. The predicted octanol–water partition coefficient (Wildman–Crippen LogP) is 11.0. The molecule has 2 saturated carbocycles. The normalized spacial score (nSPS) is 21.6. The van der Waals surface area contributed by atoms with Crippen molar-refractivity contribution in [2.75, 3.05) is 0 Å². The van der Waals surface area contributed by atoms with Crippen LogP contribution in [0.2, 0.25) is 0 Å². The number of aromatic nitrogens is 3. The minimum atomic E-state index is -0.185. The predicted molar refractivity (Wildman–Crippen MR) is 234 cm³/mol. The Bertz CT molecular complexity index is 3420. The third kappa shape index (κ3) is 3.90. The molecule has 10 aromatic rings. The molecule has 0 N–H and O–H groups in total. The Morgan fingerprint density at radius 3 is 1.25 bits per heavy atom. The van der Waals surface area contributed by atoms with Gasteiger partial charge in [-0.05, 0) is 135 Å². The lowest BCUT2D eigenvalue weighted by Gasteiger charge is -2.22. The number of rotatable bonds is 2. The van der Waals surface area contributed by atoms with E-state index in [2.05, 4.69) is 28.7 Å². The van der Waals surface area contributed by atoms with E-state index in [9.17, 15) is 9.59 Å². The van der Waals surface area contributed by atoms with Crippen LogP contribution in [-0.2, 0) is 0 Å². The maximum absolute atomic E-state index is 15.8. The van der Waals surface area contributed by atoms with E-state index < -0.39 is 0 Å². The number of hydrogen-bond acceptors (Lipinski definition) is 4. The molecule has 0 spiro atoms. The fraction of sp³-hybridized carbons (Fsp3) is 0.231. The molecule has 0 radical (unpaired) electrons. The molecule has 0 amide bonds. The van der Waals surface area contributed by atoms with E-state index in [1.165, 1.54) is 0 Å². The summed E-state index contributed by atoms with van der Waals surface area (Å²) in [5.74, 6) is 1.01. The highest BCUT2D eigenvalue weighted by Gasteiger charge is 2.39. The second-order valence-electron chi connectivity index (χ2n) is 17.9. The average molecular weight is 768 g/mol. The first-order chi connectivity index (χ1) is 29.0. The standard InChI is InChI=1S/C52H37N3O4/c56-49-28-18-14-26(15-19-28)32-22-36-40(24-34(32)49)55-41-25-35-33(27-16-20-29(21-17-27)50(35)57)23-37(41)43-47-45-44-38(12-7-13-39(44)54(52(47)59)31-10-5-2-6-11-31)53(30-8-3-1-4-9-30)51(58)46(45)42(36)48(43)55/h1-13,22-29H,14-21H2. The van der Waals surface area contributed by atoms with Gasteiger partial charge in [-0.2, -0.15) is 0 Å². The Balaban J connectivity index is 1.30. The number of ketones is 2. The Kier molecular flexibility index (Phi) is 6.10. The van der Waals surface area contributed by atoms with Crippen LogP contribution < -0.4 is 11.1 Å². The maximum atomic E-state index is 15.8. The molecule has 7 nitrogen and oxygen atoms in total. The lowest BCUT2D eigenvalue weighted by atomic mass is 9.82. The minimum Gasteiger partial charge on any atom is -0.308 e. The number of Topliss-reactive ketones (excluding diaryl/α,β-unsaturated/α-hetero) is 2. The third-order valence-corrected chi connectivity index (χ3v) is 15.3. The summed E-state index contributed by atoms with van der Waals surface area (Å²) in [5.41, 5.74) is 8.83. The number of pyridine rings is 2. The van der Waals surface area contributed by atoms with Crippen LogP contribution in [0.5, 0.6) is 0 Å². The van der Waals surface area contributed by atoms with Gasteiger partial charge in [0.2, 0.25) is 0 Å². The van der Waals surface area contributed by atoms with Gasteiger partial charge < -0.3 is 4.40 Å². The third-order valence-electron chi connectivity index (χ3n) is 15.3. The summed E-state index contributed by atoms with van der Waals surface area (Å²) in [5, 5.41) is 6.03. The molecule has 4 bridgehead atoms. The monoisotopic (exact) mass is 767 g/mol. The zero-order valence-electron chi connectivity index (χ0n) is 32.3. The fourth-order valence-electron chi connectivity index (χ4n) is 12.7. The second-order valence-corrected chi connectivity index (χ2v) is 17.9. The highest BCUT2D eigenvalue weighted by atomic mass is 16.1. The SMILES string of the molecule is O=C1c2cc3c(cc2C2CCC1CC2)c1c2c(=O)n(-c4ccccc4)c4cccc5c4c2c(c(=O)n5-c2ccccc2)c2c4cc5c(cc4n3c12)C(=O)C1CCC5CC1. The van der Waals surface area contributed by atoms with Crippen LogP contribution in [0, 0.1) is 11.8 Å². The Morgan fingerprint density at radius 2 is 0.814 bits per heavy atom. The summed E-state index contributed by atoms with van der Waals surface area (Å²) in [7, 11) is 0. The van der Waals surface area contributed by atoms with Crippen molar-refractivity contribution >= 4 is 82.2 Å². The smallest absolute Gasteiger partial charge is 0.264 e. The van der Waals surface area contributed by atoms with Gasteiger partial charge in [-0.1, -0.05) is 42.5 Å². The molecule has 0 atom stereocenters. The van der Waals surface area contributed by atoms with Gasteiger partial charge in [0.25, 0.3) is 11.1 Å². The summed E-state index contributed by atoms with van der Waals surface area (Å²) in [6.45, 7) is 0. The van der Waals surface area contributed by atoms with Gasteiger partial charge in [-0.15, -0.1) is 0 Å². The van der Waals surface area contributed by atoms with Crippen LogP contribution in [0.4, 0.5) is 0 Å². The number of benzene rings is 6. The molecule has 6 aromatic carbocycles. The number of carbonyl (C=O) groups is 2. The molecule has 0 aliphatic heterocycles. The van der Waals surface area contributed by atoms with Gasteiger partial charge in [0, 0.05) is 66.7 Å². The van der Waals surface area contributed by atoms with Crippen molar-refractivity contribution in [3.63, 3.8) is 0 Å². The van der Waals surface area contributed by atoms with Gasteiger partial charge >= 0.3 is 0 Å². The van der Waals surface area contributed by atoms with E-state index in [1.54, 1.807) is 0 Å². The van der Waals surface area contributed by atoms with E-state index in [-0.39, 0.29) is 46.4 Å². The summed E-state index contributed by atoms with van der Waals surface area (Å²) >= 11 is 0. The first kappa shape index (κ1) is 32.4. The Hall–Kier alpha value is -6.60. The maximum Gasteiger partial charge on any atom is 0.264 e. The van der Waals surface area contributed by atoms with E-state index in [0.29, 0.717) is 16.2 Å². The Labute approximate surface area is 336 Å². The highest BCUT2D eigenvalue weighted by Crippen LogP contribution is 2.52. The lowest BCUT2D eigenvalue weighted by Crippen LogP contribution is -2.24. The molecule has 4 aromatic heterocycles.